The van der Waals surface area contributed by atoms with Crippen molar-refractivity contribution < 1.29 is 9.53 Å². The summed E-state index contributed by atoms with van der Waals surface area (Å²) in [5.41, 5.74) is 2.70. The Kier molecular flexibility index (Phi) is 4.09. The van der Waals surface area contributed by atoms with Gasteiger partial charge in [-0.2, -0.15) is 0 Å². The smallest absolute Gasteiger partial charge is 0.136 e. The molecule has 0 aromatic heterocycles. The summed E-state index contributed by atoms with van der Waals surface area (Å²) < 4.78 is 5.54. The molecule has 2 nitrogen and oxygen atoms in total. The van der Waals surface area contributed by atoms with Crippen LogP contribution in [0.25, 0.3) is 0 Å². The third-order valence-corrected chi connectivity index (χ3v) is 4.98. The van der Waals surface area contributed by atoms with Crippen molar-refractivity contribution in [3.05, 3.63) is 29.3 Å². The molecule has 3 rings (SSSR count). The summed E-state index contributed by atoms with van der Waals surface area (Å²) in [5.74, 6) is 2.62. The van der Waals surface area contributed by atoms with Crippen LogP contribution in [0.2, 0.25) is 0 Å². The third-order valence-electron chi connectivity index (χ3n) is 4.98. The van der Waals surface area contributed by atoms with Crippen LogP contribution in [0.15, 0.2) is 18.2 Å². The normalized spacial score (nSPS) is 25.4. The number of Topliss-reactive ketones (excluding diaryl/α,β-unsaturated/α-hetero) is 1. The molecular formula is C18H24O2. The van der Waals surface area contributed by atoms with Crippen molar-refractivity contribution in [3.63, 3.8) is 0 Å². The number of carbonyl (C=O) groups excluding carboxylic acids is 1. The van der Waals surface area contributed by atoms with Gasteiger partial charge in [-0.15, -0.1) is 0 Å². The third kappa shape index (κ3) is 2.89. The van der Waals surface area contributed by atoms with E-state index < -0.39 is 0 Å². The van der Waals surface area contributed by atoms with E-state index in [1.807, 2.05) is 0 Å². The number of fused-ring (bicyclic) bond motifs is 1. The fourth-order valence-corrected chi connectivity index (χ4v) is 3.59. The van der Waals surface area contributed by atoms with Crippen molar-refractivity contribution >= 4 is 5.78 Å². The van der Waals surface area contributed by atoms with E-state index in [-0.39, 0.29) is 0 Å². The van der Waals surface area contributed by atoms with E-state index in [0.717, 1.165) is 56.8 Å². The van der Waals surface area contributed by atoms with Gasteiger partial charge in [-0.1, -0.05) is 25.5 Å². The van der Waals surface area contributed by atoms with E-state index in [4.69, 9.17) is 4.74 Å². The van der Waals surface area contributed by atoms with E-state index in [1.165, 1.54) is 17.5 Å². The summed E-state index contributed by atoms with van der Waals surface area (Å²) in [7, 11) is 0. The first-order valence-electron chi connectivity index (χ1n) is 8.03. The van der Waals surface area contributed by atoms with Gasteiger partial charge in [-0.25, -0.2) is 0 Å². The predicted octanol–water partition coefficient (Wildman–Crippen LogP) is 3.95. The zero-order valence-electron chi connectivity index (χ0n) is 12.4. The van der Waals surface area contributed by atoms with Crippen LogP contribution in [-0.4, -0.2) is 12.4 Å². The minimum absolute atomic E-state index is 0.304. The highest BCUT2D eigenvalue weighted by Crippen LogP contribution is 2.32. The van der Waals surface area contributed by atoms with E-state index >= 15 is 0 Å². The highest BCUT2D eigenvalue weighted by atomic mass is 16.5. The number of hydrogen-bond acceptors (Lipinski definition) is 2. The van der Waals surface area contributed by atoms with Crippen LogP contribution in [0.1, 0.15) is 50.2 Å². The molecule has 0 N–H and O–H groups in total. The number of rotatable bonds is 4. The molecule has 0 amide bonds. The topological polar surface area (TPSA) is 26.3 Å². The Morgan fingerprint density at radius 3 is 3.05 bits per heavy atom. The van der Waals surface area contributed by atoms with Crippen LogP contribution in [0.3, 0.4) is 0 Å². The van der Waals surface area contributed by atoms with Crippen LogP contribution < -0.4 is 4.74 Å². The first-order valence-corrected chi connectivity index (χ1v) is 8.03. The SMILES string of the molecule is CCC1CCC(=O)C(CCc2ccc3c(c2)CCO3)C1. The average molecular weight is 272 g/mol. The number of ketones is 1. The number of hydrogen-bond donors (Lipinski definition) is 0. The molecule has 2 unspecified atom stereocenters. The summed E-state index contributed by atoms with van der Waals surface area (Å²) >= 11 is 0. The highest BCUT2D eigenvalue weighted by Gasteiger charge is 2.27. The molecule has 2 atom stereocenters. The standard InChI is InChI=1S/C18H24O2/c1-2-13-4-7-17(19)15(11-13)6-3-14-5-8-18-16(12-14)9-10-20-18/h5,8,12-13,15H,2-4,6-7,9-11H2,1H3. The first kappa shape index (κ1) is 13.7. The lowest BCUT2D eigenvalue weighted by atomic mass is 9.77. The Hall–Kier alpha value is -1.31. The zero-order valence-corrected chi connectivity index (χ0v) is 12.4. The molecule has 1 saturated carbocycles. The van der Waals surface area contributed by atoms with Crippen molar-refractivity contribution in [1.82, 2.24) is 0 Å². The zero-order chi connectivity index (χ0) is 13.9. The maximum absolute atomic E-state index is 12.0. The number of aryl methyl sites for hydroxylation is 1. The Balaban J connectivity index is 1.59. The summed E-state index contributed by atoms with van der Waals surface area (Å²) in [6, 6.07) is 6.52. The molecule has 1 heterocycles. The summed E-state index contributed by atoms with van der Waals surface area (Å²) in [6.45, 7) is 3.07. The molecule has 0 bridgehead atoms. The minimum Gasteiger partial charge on any atom is -0.493 e. The van der Waals surface area contributed by atoms with E-state index in [2.05, 4.69) is 25.1 Å². The van der Waals surface area contributed by atoms with Gasteiger partial charge < -0.3 is 4.74 Å². The Bertz CT molecular complexity index is 492. The van der Waals surface area contributed by atoms with Gasteiger partial charge in [0.25, 0.3) is 0 Å². The molecule has 1 aromatic carbocycles. The quantitative estimate of drug-likeness (QED) is 0.829. The second kappa shape index (κ2) is 5.99. The predicted molar refractivity (Wildman–Crippen MR) is 80.1 cm³/mol. The Labute approximate surface area is 121 Å². The van der Waals surface area contributed by atoms with Gasteiger partial charge in [0.2, 0.25) is 0 Å². The lowest BCUT2D eigenvalue weighted by Gasteiger charge is -2.27. The summed E-state index contributed by atoms with van der Waals surface area (Å²) in [5, 5.41) is 0. The molecule has 2 heteroatoms. The number of ether oxygens (including phenoxy) is 1. The van der Waals surface area contributed by atoms with Crippen molar-refractivity contribution in [2.75, 3.05) is 6.61 Å². The van der Waals surface area contributed by atoms with Gasteiger partial charge in [0.1, 0.15) is 11.5 Å². The molecule has 0 radical (unpaired) electrons. The summed E-state index contributed by atoms with van der Waals surface area (Å²) in [6.07, 6.45) is 7.34. The van der Waals surface area contributed by atoms with Crippen LogP contribution in [0, 0.1) is 11.8 Å². The molecule has 108 valence electrons. The van der Waals surface area contributed by atoms with Crippen LogP contribution in [-0.2, 0) is 17.6 Å². The van der Waals surface area contributed by atoms with Gasteiger partial charge in [0.15, 0.2) is 0 Å². The molecular weight excluding hydrogens is 248 g/mol. The Morgan fingerprint density at radius 1 is 1.30 bits per heavy atom. The Morgan fingerprint density at radius 2 is 2.20 bits per heavy atom. The van der Waals surface area contributed by atoms with Crippen molar-refractivity contribution in [1.29, 1.82) is 0 Å². The van der Waals surface area contributed by atoms with Crippen LogP contribution >= 0.6 is 0 Å². The van der Waals surface area contributed by atoms with Gasteiger partial charge in [-0.05, 0) is 48.8 Å². The molecule has 0 spiro atoms. The fraction of sp³-hybridized carbons (Fsp3) is 0.611. The van der Waals surface area contributed by atoms with Crippen molar-refractivity contribution in [2.45, 2.75) is 51.9 Å². The van der Waals surface area contributed by atoms with Gasteiger partial charge in [0.05, 0.1) is 6.61 Å². The molecule has 20 heavy (non-hydrogen) atoms. The number of carbonyl (C=O) groups is 1. The average Bonchev–Trinajstić information content (AvgIpc) is 2.94. The molecule has 2 aliphatic rings. The van der Waals surface area contributed by atoms with E-state index in [0.29, 0.717) is 11.7 Å². The monoisotopic (exact) mass is 272 g/mol. The molecule has 1 aromatic rings. The molecule has 1 fully saturated rings. The van der Waals surface area contributed by atoms with Crippen molar-refractivity contribution in [3.8, 4) is 5.75 Å². The lowest BCUT2D eigenvalue weighted by Crippen LogP contribution is -2.25. The van der Waals surface area contributed by atoms with Gasteiger partial charge >= 0.3 is 0 Å². The second-order valence-electron chi connectivity index (χ2n) is 6.29. The summed E-state index contributed by atoms with van der Waals surface area (Å²) in [4.78, 5) is 12.0. The maximum Gasteiger partial charge on any atom is 0.136 e. The molecule has 1 aliphatic heterocycles. The minimum atomic E-state index is 0.304. The van der Waals surface area contributed by atoms with Gasteiger partial charge in [-0.3, -0.25) is 4.79 Å². The lowest BCUT2D eigenvalue weighted by molar-refractivity contribution is -0.125. The largest absolute Gasteiger partial charge is 0.493 e. The molecule has 1 aliphatic carbocycles. The van der Waals surface area contributed by atoms with E-state index in [1.54, 1.807) is 0 Å². The van der Waals surface area contributed by atoms with Crippen LogP contribution in [0.4, 0.5) is 0 Å². The highest BCUT2D eigenvalue weighted by molar-refractivity contribution is 5.81. The van der Waals surface area contributed by atoms with Gasteiger partial charge in [0, 0.05) is 18.8 Å². The number of benzene rings is 1. The maximum atomic E-state index is 12.0. The first-order chi connectivity index (χ1) is 9.76. The fourth-order valence-electron chi connectivity index (χ4n) is 3.59. The van der Waals surface area contributed by atoms with Crippen LogP contribution in [0.5, 0.6) is 5.75 Å². The second-order valence-corrected chi connectivity index (χ2v) is 6.29. The van der Waals surface area contributed by atoms with Crippen molar-refractivity contribution in [2.24, 2.45) is 11.8 Å². The molecule has 0 saturated heterocycles. The van der Waals surface area contributed by atoms with E-state index in [9.17, 15) is 4.79 Å².